The zero-order valence-electron chi connectivity index (χ0n) is 15.8. The second-order valence-corrected chi connectivity index (χ2v) is 8.35. The number of hydrogen-bond donors (Lipinski definition) is 1. The lowest BCUT2D eigenvalue weighted by atomic mass is 10.1. The van der Waals surface area contributed by atoms with Gasteiger partial charge in [-0.3, -0.25) is 4.72 Å². The molecule has 0 saturated carbocycles. The van der Waals surface area contributed by atoms with Crippen LogP contribution in [0.3, 0.4) is 0 Å². The first-order valence-electron chi connectivity index (χ1n) is 8.76. The van der Waals surface area contributed by atoms with Crippen molar-refractivity contribution in [2.45, 2.75) is 38.2 Å². The lowest BCUT2D eigenvalue weighted by molar-refractivity contribution is -0.145. The monoisotopic (exact) mass is 403 g/mol. The Hall–Kier alpha value is -2.87. The van der Waals surface area contributed by atoms with Crippen LogP contribution >= 0.6 is 0 Å². The maximum Gasteiger partial charge on any atom is 0.347 e. The van der Waals surface area contributed by atoms with Crippen molar-refractivity contribution in [3.05, 3.63) is 58.7 Å². The maximum absolute atomic E-state index is 13.0. The Morgan fingerprint density at radius 2 is 1.79 bits per heavy atom. The molecule has 1 aliphatic rings. The second-order valence-electron chi connectivity index (χ2n) is 6.73. The topological polar surface area (TPSA) is 98.8 Å². The molecule has 2 aromatic carbocycles. The molecule has 0 aliphatic carbocycles. The van der Waals surface area contributed by atoms with Crippen molar-refractivity contribution >= 4 is 27.6 Å². The first-order chi connectivity index (χ1) is 13.2. The largest absolute Gasteiger partial charge is 0.463 e. The van der Waals surface area contributed by atoms with Gasteiger partial charge in [0.25, 0.3) is 10.0 Å². The molecule has 1 unspecified atom stereocenters. The SMILES string of the molecule is Cc1cc(C)c(S(=O)(=O)Nc2ccccc2C(=O)OC2CCOC2=O)c(C)c1. The standard InChI is InChI=1S/C20H21NO6S/c1-12-10-13(2)18(14(3)11-12)28(24,25)21-16-7-5-4-6-15(16)19(22)27-17-8-9-26-20(17)23/h4-7,10-11,17,21H,8-9H2,1-3H3. The van der Waals surface area contributed by atoms with Crippen molar-refractivity contribution in [3.63, 3.8) is 0 Å². The van der Waals surface area contributed by atoms with E-state index in [4.69, 9.17) is 9.47 Å². The van der Waals surface area contributed by atoms with Crippen LogP contribution in [0.2, 0.25) is 0 Å². The van der Waals surface area contributed by atoms with Crippen LogP contribution in [0.15, 0.2) is 41.3 Å². The minimum absolute atomic E-state index is 0.0215. The van der Waals surface area contributed by atoms with Crippen LogP contribution < -0.4 is 4.72 Å². The third-order valence-electron chi connectivity index (χ3n) is 4.40. The Balaban J connectivity index is 1.91. The number of ether oxygens (including phenoxy) is 2. The number of para-hydroxylation sites is 1. The Bertz CT molecular complexity index is 1020. The average Bonchev–Trinajstić information content (AvgIpc) is 2.98. The number of sulfonamides is 1. The quantitative estimate of drug-likeness (QED) is 0.771. The van der Waals surface area contributed by atoms with Crippen LogP contribution in [-0.2, 0) is 24.3 Å². The van der Waals surface area contributed by atoms with Gasteiger partial charge < -0.3 is 9.47 Å². The van der Waals surface area contributed by atoms with Gasteiger partial charge >= 0.3 is 11.9 Å². The summed E-state index contributed by atoms with van der Waals surface area (Å²) in [5.41, 5.74) is 2.28. The summed E-state index contributed by atoms with van der Waals surface area (Å²) in [5, 5.41) is 0. The van der Waals surface area contributed by atoms with Gasteiger partial charge in [-0.1, -0.05) is 29.8 Å². The van der Waals surface area contributed by atoms with E-state index >= 15 is 0 Å². The van der Waals surface area contributed by atoms with E-state index in [0.29, 0.717) is 11.1 Å². The predicted molar refractivity (Wildman–Crippen MR) is 103 cm³/mol. The highest BCUT2D eigenvalue weighted by molar-refractivity contribution is 7.92. The van der Waals surface area contributed by atoms with E-state index < -0.39 is 28.1 Å². The zero-order valence-corrected chi connectivity index (χ0v) is 16.6. The molecule has 0 spiro atoms. The highest BCUT2D eigenvalue weighted by Gasteiger charge is 2.31. The summed E-state index contributed by atoms with van der Waals surface area (Å²) in [4.78, 5) is 24.2. The third kappa shape index (κ3) is 4.01. The van der Waals surface area contributed by atoms with E-state index in [-0.39, 0.29) is 29.2 Å². The molecule has 1 aliphatic heterocycles. The highest BCUT2D eigenvalue weighted by Crippen LogP contribution is 2.26. The molecule has 0 bridgehead atoms. The van der Waals surface area contributed by atoms with Gasteiger partial charge in [0.2, 0.25) is 6.10 Å². The smallest absolute Gasteiger partial charge is 0.347 e. The normalized spacial score (nSPS) is 16.5. The fourth-order valence-corrected chi connectivity index (χ4v) is 4.85. The molecule has 0 amide bonds. The fraction of sp³-hybridized carbons (Fsp3) is 0.300. The van der Waals surface area contributed by atoms with Gasteiger partial charge in [-0.15, -0.1) is 0 Å². The van der Waals surface area contributed by atoms with Crippen molar-refractivity contribution < 1.29 is 27.5 Å². The van der Waals surface area contributed by atoms with Crippen LogP contribution in [0.25, 0.3) is 0 Å². The van der Waals surface area contributed by atoms with Gasteiger partial charge in [-0.05, 0) is 44.0 Å². The number of hydrogen-bond acceptors (Lipinski definition) is 6. The zero-order chi connectivity index (χ0) is 20.5. The number of carbonyl (C=O) groups excluding carboxylic acids is 2. The van der Waals surface area contributed by atoms with Gasteiger partial charge in [0.1, 0.15) is 0 Å². The summed E-state index contributed by atoms with van der Waals surface area (Å²) < 4.78 is 38.4. The average molecular weight is 403 g/mol. The summed E-state index contributed by atoms with van der Waals surface area (Å²) in [6.45, 7) is 5.53. The Labute approximate surface area is 163 Å². The minimum atomic E-state index is -3.93. The summed E-state index contributed by atoms with van der Waals surface area (Å²) in [6, 6.07) is 9.67. The summed E-state index contributed by atoms with van der Waals surface area (Å²) in [5.74, 6) is -1.39. The molecule has 3 rings (SSSR count). The maximum atomic E-state index is 13.0. The van der Waals surface area contributed by atoms with Gasteiger partial charge in [0.05, 0.1) is 22.8 Å². The van der Waals surface area contributed by atoms with Crippen LogP contribution in [0, 0.1) is 20.8 Å². The molecule has 148 valence electrons. The second kappa shape index (κ2) is 7.63. The molecule has 1 saturated heterocycles. The Morgan fingerprint density at radius 3 is 2.39 bits per heavy atom. The van der Waals surface area contributed by atoms with Crippen molar-refractivity contribution in [3.8, 4) is 0 Å². The van der Waals surface area contributed by atoms with E-state index in [2.05, 4.69) is 4.72 Å². The van der Waals surface area contributed by atoms with Gasteiger partial charge in [-0.2, -0.15) is 0 Å². The first kappa shape index (κ1) is 19.9. The van der Waals surface area contributed by atoms with Crippen LogP contribution in [0.1, 0.15) is 33.5 Å². The highest BCUT2D eigenvalue weighted by atomic mass is 32.2. The molecule has 8 heteroatoms. The number of nitrogens with one attached hydrogen (secondary N) is 1. The summed E-state index contributed by atoms with van der Waals surface area (Å²) in [6.07, 6.45) is -0.695. The molecule has 1 N–H and O–H groups in total. The fourth-order valence-electron chi connectivity index (χ4n) is 3.31. The number of anilines is 1. The van der Waals surface area contributed by atoms with E-state index in [0.717, 1.165) is 5.56 Å². The van der Waals surface area contributed by atoms with Crippen molar-refractivity contribution in [2.24, 2.45) is 0 Å². The molecule has 1 heterocycles. The minimum Gasteiger partial charge on any atom is -0.463 e. The molecule has 28 heavy (non-hydrogen) atoms. The Morgan fingerprint density at radius 1 is 1.14 bits per heavy atom. The lowest BCUT2D eigenvalue weighted by Gasteiger charge is -2.16. The van der Waals surface area contributed by atoms with E-state index in [1.165, 1.54) is 12.1 Å². The van der Waals surface area contributed by atoms with Gasteiger partial charge in [-0.25, -0.2) is 18.0 Å². The number of cyclic esters (lactones) is 1. The van der Waals surface area contributed by atoms with E-state index in [9.17, 15) is 18.0 Å². The number of rotatable bonds is 5. The third-order valence-corrected chi connectivity index (χ3v) is 6.07. The number of carbonyl (C=O) groups is 2. The number of benzene rings is 2. The van der Waals surface area contributed by atoms with E-state index in [1.54, 1.807) is 38.1 Å². The number of esters is 2. The van der Waals surface area contributed by atoms with Crippen molar-refractivity contribution in [2.75, 3.05) is 11.3 Å². The molecule has 0 aromatic heterocycles. The molecular formula is C20H21NO6S. The molecule has 2 aromatic rings. The summed E-state index contributed by atoms with van der Waals surface area (Å²) >= 11 is 0. The van der Waals surface area contributed by atoms with Crippen molar-refractivity contribution in [1.29, 1.82) is 0 Å². The van der Waals surface area contributed by atoms with Crippen LogP contribution in [0.4, 0.5) is 5.69 Å². The lowest BCUT2D eigenvalue weighted by Crippen LogP contribution is -2.24. The molecule has 1 atom stereocenters. The molecule has 7 nitrogen and oxygen atoms in total. The Kier molecular flexibility index (Phi) is 5.42. The van der Waals surface area contributed by atoms with Gasteiger partial charge in [0.15, 0.2) is 0 Å². The molecular weight excluding hydrogens is 382 g/mol. The van der Waals surface area contributed by atoms with Crippen LogP contribution in [0.5, 0.6) is 0 Å². The van der Waals surface area contributed by atoms with E-state index in [1.807, 2.05) is 6.92 Å². The van der Waals surface area contributed by atoms with Crippen molar-refractivity contribution in [1.82, 2.24) is 0 Å². The first-order valence-corrected chi connectivity index (χ1v) is 10.2. The van der Waals surface area contributed by atoms with Gasteiger partial charge in [0, 0.05) is 6.42 Å². The summed E-state index contributed by atoms with van der Waals surface area (Å²) in [7, 11) is -3.93. The number of aryl methyl sites for hydroxylation is 3. The molecule has 0 radical (unpaired) electrons. The molecule has 1 fully saturated rings. The van der Waals surface area contributed by atoms with Crippen LogP contribution in [-0.4, -0.2) is 33.1 Å². The predicted octanol–water partition coefficient (Wildman–Crippen LogP) is 2.88.